The Morgan fingerprint density at radius 2 is 2.00 bits per heavy atom. The fraction of sp³-hybridized carbons (Fsp3) is 0.125. The van der Waals surface area contributed by atoms with E-state index in [1.54, 1.807) is 0 Å². The summed E-state index contributed by atoms with van der Waals surface area (Å²) in [6.45, 7) is 0. The molecule has 14 heavy (non-hydrogen) atoms. The summed E-state index contributed by atoms with van der Waals surface area (Å²) in [4.78, 5) is 10.1. The molecule has 0 spiro atoms. The van der Waals surface area contributed by atoms with Crippen molar-refractivity contribution in [2.24, 2.45) is 0 Å². The zero-order valence-electron chi connectivity index (χ0n) is 6.56. The molecule has 0 heterocycles. The number of hydrogen-bond donors (Lipinski definition) is 0. The quantitative estimate of drug-likeness (QED) is 0.771. The Morgan fingerprint density at radius 3 is 2.43 bits per heavy atom. The summed E-state index contributed by atoms with van der Waals surface area (Å²) < 4.78 is 38.8. The summed E-state index contributed by atoms with van der Waals surface area (Å²) in [5.41, 5.74) is 0.0597. The Hall–Kier alpha value is -1.23. The normalized spacial score (nSPS) is 11.1. The maximum absolute atomic E-state index is 11.7. The van der Waals surface area contributed by atoms with Gasteiger partial charge in [-0.1, -0.05) is 11.6 Å². The van der Waals surface area contributed by atoms with Crippen molar-refractivity contribution in [3.05, 3.63) is 28.8 Å². The third-order valence-corrected chi connectivity index (χ3v) is 1.57. The van der Waals surface area contributed by atoms with Crippen LogP contribution >= 0.6 is 11.6 Å². The van der Waals surface area contributed by atoms with E-state index in [-0.39, 0.29) is 10.6 Å². The van der Waals surface area contributed by atoms with E-state index in [9.17, 15) is 18.0 Å². The number of ether oxygens (including phenoxy) is 1. The highest BCUT2D eigenvalue weighted by atomic mass is 35.5. The van der Waals surface area contributed by atoms with Crippen LogP contribution in [-0.4, -0.2) is 12.6 Å². The lowest BCUT2D eigenvalue weighted by Gasteiger charge is -2.09. The molecular weight excluding hydrogens is 221 g/mol. The molecule has 0 amide bonds. The molecule has 0 saturated carbocycles. The molecule has 0 atom stereocenters. The first-order valence-corrected chi connectivity index (χ1v) is 3.73. The number of halogens is 4. The largest absolute Gasteiger partial charge is 0.573 e. The van der Waals surface area contributed by atoms with Crippen LogP contribution in [0.2, 0.25) is 5.02 Å². The topological polar surface area (TPSA) is 26.3 Å². The molecule has 0 aromatic heterocycles. The van der Waals surface area contributed by atoms with Crippen molar-refractivity contribution >= 4 is 17.9 Å². The van der Waals surface area contributed by atoms with Crippen LogP contribution in [0.25, 0.3) is 0 Å². The maximum Gasteiger partial charge on any atom is 0.573 e. The monoisotopic (exact) mass is 223 g/mol. The van der Waals surface area contributed by atoms with Crippen molar-refractivity contribution in [1.29, 1.82) is 0 Å². The van der Waals surface area contributed by atoms with E-state index < -0.39 is 12.1 Å². The molecule has 1 aromatic carbocycles. The summed E-state index contributed by atoms with van der Waals surface area (Å²) in [6.07, 6.45) is -3.31. The zero-order valence-corrected chi connectivity index (χ0v) is 7.32. The summed E-state index contributed by atoms with van der Waals surface area (Å²) in [7, 11) is 0. The summed E-state index contributed by atoms with van der Waals surface area (Å²) in [5, 5.41) is -0.289. The van der Waals surface area contributed by atoms with Crippen LogP contribution in [0.1, 0.15) is 5.56 Å². The van der Waals surface area contributed by atoms with Crippen molar-refractivity contribution in [3.8, 4) is 5.75 Å². The summed E-state index contributed by atoms with van der Waals surface area (Å²) in [6, 6.07) is 3.12. The molecule has 1 rings (SSSR count). The number of carbonyl (C=O) groups excluding carboxylic acids is 1. The lowest BCUT2D eigenvalue weighted by molar-refractivity contribution is -0.274. The lowest BCUT2D eigenvalue weighted by Crippen LogP contribution is -2.17. The van der Waals surface area contributed by atoms with Gasteiger partial charge in [-0.25, -0.2) is 0 Å². The van der Waals surface area contributed by atoms with E-state index in [2.05, 4.69) is 4.74 Å². The van der Waals surface area contributed by atoms with Gasteiger partial charge in [0, 0.05) is 5.56 Å². The molecule has 1 radical (unpaired) electrons. The van der Waals surface area contributed by atoms with Gasteiger partial charge in [0.05, 0.1) is 5.02 Å². The average Bonchev–Trinajstić information content (AvgIpc) is 2.06. The highest BCUT2D eigenvalue weighted by Crippen LogP contribution is 2.30. The van der Waals surface area contributed by atoms with Gasteiger partial charge < -0.3 is 4.74 Å². The Kier molecular flexibility index (Phi) is 3.00. The molecule has 0 fully saturated rings. The Balaban J connectivity index is 2.95. The zero-order chi connectivity index (χ0) is 10.8. The average molecular weight is 224 g/mol. The standard InChI is InChI=1S/C8H3ClF3O2/c9-6-3-5(4-13)1-2-7(6)14-8(10,11)12/h1-3H. The molecule has 6 heteroatoms. The van der Waals surface area contributed by atoms with Crippen LogP contribution in [-0.2, 0) is 4.79 Å². The van der Waals surface area contributed by atoms with Gasteiger partial charge in [0.25, 0.3) is 0 Å². The van der Waals surface area contributed by atoms with Crippen LogP contribution in [0.3, 0.4) is 0 Å². The number of rotatable bonds is 2. The second kappa shape index (κ2) is 3.88. The van der Waals surface area contributed by atoms with Gasteiger partial charge in [0.2, 0.25) is 6.29 Å². The first kappa shape index (κ1) is 10.8. The molecule has 0 aliphatic heterocycles. The first-order valence-electron chi connectivity index (χ1n) is 3.36. The smallest absolute Gasteiger partial charge is 0.404 e. The minimum atomic E-state index is -4.80. The van der Waals surface area contributed by atoms with E-state index in [1.165, 1.54) is 6.29 Å². The van der Waals surface area contributed by atoms with Gasteiger partial charge in [-0.3, -0.25) is 4.79 Å². The van der Waals surface area contributed by atoms with Crippen molar-refractivity contribution < 1.29 is 22.7 Å². The van der Waals surface area contributed by atoms with E-state index in [0.29, 0.717) is 0 Å². The van der Waals surface area contributed by atoms with Gasteiger partial charge in [-0.2, -0.15) is 0 Å². The van der Waals surface area contributed by atoms with E-state index >= 15 is 0 Å². The molecule has 0 unspecified atom stereocenters. The second-order valence-corrected chi connectivity index (χ2v) is 2.70. The maximum atomic E-state index is 11.7. The van der Waals surface area contributed by atoms with Crippen LogP contribution in [0, 0.1) is 0 Å². The van der Waals surface area contributed by atoms with Crippen LogP contribution < -0.4 is 4.74 Å². The molecule has 0 saturated heterocycles. The van der Waals surface area contributed by atoms with Crippen molar-refractivity contribution in [2.75, 3.05) is 0 Å². The van der Waals surface area contributed by atoms with Crippen LogP contribution in [0.4, 0.5) is 13.2 Å². The Morgan fingerprint density at radius 1 is 1.36 bits per heavy atom. The molecule has 0 bridgehead atoms. The number of benzene rings is 1. The summed E-state index contributed by atoms with van der Waals surface area (Å²) >= 11 is 5.41. The van der Waals surface area contributed by atoms with Crippen molar-refractivity contribution in [3.63, 3.8) is 0 Å². The highest BCUT2D eigenvalue weighted by Gasteiger charge is 2.31. The summed E-state index contributed by atoms with van der Waals surface area (Å²) in [5.74, 6) is -0.543. The minimum absolute atomic E-state index is 0.0597. The minimum Gasteiger partial charge on any atom is -0.404 e. The Labute approximate surface area is 82.2 Å². The highest BCUT2D eigenvalue weighted by molar-refractivity contribution is 6.32. The molecule has 0 aliphatic rings. The molecule has 0 aliphatic carbocycles. The first-order chi connectivity index (χ1) is 6.42. The molecule has 2 nitrogen and oxygen atoms in total. The van der Waals surface area contributed by atoms with E-state index in [1.807, 2.05) is 0 Å². The second-order valence-electron chi connectivity index (χ2n) is 2.30. The van der Waals surface area contributed by atoms with E-state index in [0.717, 1.165) is 18.2 Å². The predicted octanol–water partition coefficient (Wildman–Crippen LogP) is 2.70. The van der Waals surface area contributed by atoms with Gasteiger partial charge in [-0.05, 0) is 18.2 Å². The molecule has 0 N–H and O–H groups in total. The molecule has 75 valence electrons. The predicted molar refractivity (Wildman–Crippen MR) is 42.9 cm³/mol. The van der Waals surface area contributed by atoms with Crippen LogP contribution in [0.15, 0.2) is 18.2 Å². The SMILES string of the molecule is O=[C]c1ccc(OC(F)(F)F)c(Cl)c1. The molecule has 1 aromatic rings. The van der Waals surface area contributed by atoms with Gasteiger partial charge in [0.1, 0.15) is 5.75 Å². The fourth-order valence-corrected chi connectivity index (χ4v) is 0.991. The van der Waals surface area contributed by atoms with Crippen molar-refractivity contribution in [2.45, 2.75) is 6.36 Å². The third kappa shape index (κ3) is 2.92. The molecular formula is C8H3ClF3O2. The van der Waals surface area contributed by atoms with E-state index in [4.69, 9.17) is 11.6 Å². The van der Waals surface area contributed by atoms with Gasteiger partial charge >= 0.3 is 6.36 Å². The van der Waals surface area contributed by atoms with Gasteiger partial charge in [0.15, 0.2) is 0 Å². The number of hydrogen-bond acceptors (Lipinski definition) is 2. The lowest BCUT2D eigenvalue weighted by atomic mass is 10.2. The number of alkyl halides is 3. The third-order valence-electron chi connectivity index (χ3n) is 1.28. The Bertz CT molecular complexity index is 349. The fourth-order valence-electron chi connectivity index (χ4n) is 0.772. The van der Waals surface area contributed by atoms with Crippen molar-refractivity contribution in [1.82, 2.24) is 0 Å². The van der Waals surface area contributed by atoms with Crippen LogP contribution in [0.5, 0.6) is 5.75 Å². The van der Waals surface area contributed by atoms with Gasteiger partial charge in [-0.15, -0.1) is 13.2 Å².